The predicted octanol–water partition coefficient (Wildman–Crippen LogP) is 2.97. The number of hydrogen-bond acceptors (Lipinski definition) is 6. The molecule has 3 N–H and O–H groups in total. The van der Waals surface area contributed by atoms with Gasteiger partial charge in [-0.05, 0) is 70.4 Å². The number of carbonyl (C=O) groups is 3. The molecule has 0 aliphatic carbocycles. The first kappa shape index (κ1) is 26.5. The second kappa shape index (κ2) is 12.6. The van der Waals surface area contributed by atoms with Crippen molar-refractivity contribution in [3.8, 4) is 5.69 Å². The minimum Gasteiger partial charge on any atom is -0.354 e. The maximum Gasteiger partial charge on any atom is 0.251 e. The third kappa shape index (κ3) is 7.23. The van der Waals surface area contributed by atoms with Crippen LogP contribution in [0.25, 0.3) is 5.69 Å². The van der Waals surface area contributed by atoms with E-state index in [1.807, 2.05) is 36.4 Å². The molecule has 1 aromatic heterocycles. The zero-order valence-electron chi connectivity index (χ0n) is 20.6. The molecule has 4 aromatic rings. The normalized spacial score (nSPS) is 11.4. The Balaban J connectivity index is 1.44. The van der Waals surface area contributed by atoms with Crippen molar-refractivity contribution in [2.45, 2.75) is 25.8 Å². The topological polar surface area (TPSA) is 131 Å². The van der Waals surface area contributed by atoms with E-state index in [9.17, 15) is 14.4 Å². The Hall–Kier alpha value is -4.57. The predicted molar refractivity (Wildman–Crippen MR) is 143 cm³/mol. The Labute approximate surface area is 224 Å². The van der Waals surface area contributed by atoms with Crippen LogP contribution in [0.4, 0.5) is 5.69 Å². The van der Waals surface area contributed by atoms with Crippen LogP contribution in [0.2, 0.25) is 5.02 Å². The molecule has 38 heavy (non-hydrogen) atoms. The van der Waals surface area contributed by atoms with E-state index in [4.69, 9.17) is 11.6 Å². The van der Waals surface area contributed by atoms with Gasteiger partial charge >= 0.3 is 0 Å². The van der Waals surface area contributed by atoms with Gasteiger partial charge in [0.15, 0.2) is 0 Å². The van der Waals surface area contributed by atoms with Crippen molar-refractivity contribution < 1.29 is 14.4 Å². The lowest BCUT2D eigenvalue weighted by molar-refractivity contribution is -0.123. The molecule has 0 spiro atoms. The summed E-state index contributed by atoms with van der Waals surface area (Å²) in [7, 11) is 0. The highest BCUT2D eigenvalue weighted by atomic mass is 35.5. The lowest BCUT2D eigenvalue weighted by Crippen LogP contribution is -2.48. The molecule has 1 atom stereocenters. The molecule has 1 heterocycles. The standard InChI is InChI=1S/C27H26ClN7O3/c1-18(36)31-23-10-7-20(8-11-23)26(37)32-24(15-19-5-3-2-4-6-19)27(38)29-14-13-21-16-22(28)9-12-25(21)35-17-30-33-34-35/h2-12,16-17,24H,13-15H2,1H3,(H,29,38)(H,31,36)(H,32,37)/t24-/m0/s1. The number of carbonyl (C=O) groups excluding carboxylic acids is 3. The van der Waals surface area contributed by atoms with Crippen LogP contribution in [0.15, 0.2) is 79.1 Å². The van der Waals surface area contributed by atoms with E-state index in [0.29, 0.717) is 35.7 Å². The van der Waals surface area contributed by atoms with Gasteiger partial charge in [0.1, 0.15) is 12.4 Å². The molecule has 0 aliphatic rings. The molecule has 0 aliphatic heterocycles. The number of aromatic nitrogens is 4. The van der Waals surface area contributed by atoms with E-state index >= 15 is 0 Å². The Bertz CT molecular complexity index is 1390. The quantitative estimate of drug-likeness (QED) is 0.288. The summed E-state index contributed by atoms with van der Waals surface area (Å²) < 4.78 is 1.53. The van der Waals surface area contributed by atoms with Crippen LogP contribution in [0.3, 0.4) is 0 Å². The third-order valence-electron chi connectivity index (χ3n) is 5.70. The second-order valence-corrected chi connectivity index (χ2v) is 8.98. The molecule has 194 valence electrons. The summed E-state index contributed by atoms with van der Waals surface area (Å²) in [4.78, 5) is 37.4. The Morgan fingerprint density at radius 2 is 1.76 bits per heavy atom. The molecule has 11 heteroatoms. The van der Waals surface area contributed by atoms with E-state index < -0.39 is 11.9 Å². The lowest BCUT2D eigenvalue weighted by atomic mass is 10.0. The maximum atomic E-state index is 13.2. The molecule has 3 amide bonds. The van der Waals surface area contributed by atoms with Crippen molar-refractivity contribution in [2.24, 2.45) is 0 Å². The SMILES string of the molecule is CC(=O)Nc1ccc(C(=O)N[C@@H](Cc2ccccc2)C(=O)NCCc2cc(Cl)ccc2-n2cnnn2)cc1. The number of hydrogen-bond donors (Lipinski definition) is 3. The number of benzene rings is 3. The van der Waals surface area contributed by atoms with E-state index in [-0.39, 0.29) is 11.8 Å². The van der Waals surface area contributed by atoms with Crippen LogP contribution in [0.1, 0.15) is 28.4 Å². The minimum atomic E-state index is -0.807. The number of halogens is 1. The average Bonchev–Trinajstić information content (AvgIpc) is 3.44. The van der Waals surface area contributed by atoms with Crippen molar-refractivity contribution in [1.29, 1.82) is 0 Å². The molecular formula is C27H26ClN7O3. The molecule has 0 saturated carbocycles. The van der Waals surface area contributed by atoms with E-state index in [1.165, 1.54) is 17.9 Å². The van der Waals surface area contributed by atoms with Gasteiger partial charge in [0.25, 0.3) is 5.91 Å². The van der Waals surface area contributed by atoms with Gasteiger partial charge in [0, 0.05) is 36.2 Å². The molecule has 0 radical (unpaired) electrons. The first-order chi connectivity index (χ1) is 18.4. The minimum absolute atomic E-state index is 0.204. The van der Waals surface area contributed by atoms with Crippen LogP contribution < -0.4 is 16.0 Å². The van der Waals surface area contributed by atoms with Gasteiger partial charge in [0.05, 0.1) is 5.69 Å². The molecule has 0 bridgehead atoms. The van der Waals surface area contributed by atoms with Gasteiger partial charge in [-0.15, -0.1) is 5.10 Å². The highest BCUT2D eigenvalue weighted by Gasteiger charge is 2.22. The zero-order valence-corrected chi connectivity index (χ0v) is 21.4. The molecule has 0 fully saturated rings. The lowest BCUT2D eigenvalue weighted by Gasteiger charge is -2.19. The number of nitrogens with one attached hydrogen (secondary N) is 3. The van der Waals surface area contributed by atoms with Crippen LogP contribution in [0, 0.1) is 0 Å². The highest BCUT2D eigenvalue weighted by Crippen LogP contribution is 2.19. The van der Waals surface area contributed by atoms with Crippen LogP contribution in [-0.2, 0) is 22.4 Å². The Morgan fingerprint density at radius 1 is 1.00 bits per heavy atom. The first-order valence-corrected chi connectivity index (χ1v) is 12.3. The van der Waals surface area contributed by atoms with E-state index in [0.717, 1.165) is 16.8 Å². The monoisotopic (exact) mass is 531 g/mol. The second-order valence-electron chi connectivity index (χ2n) is 8.54. The summed E-state index contributed by atoms with van der Waals surface area (Å²) in [5.74, 6) is -0.918. The fourth-order valence-electron chi connectivity index (χ4n) is 3.90. The van der Waals surface area contributed by atoms with Gasteiger partial charge in [-0.2, -0.15) is 0 Å². The van der Waals surface area contributed by atoms with Crippen molar-refractivity contribution in [3.05, 3.63) is 101 Å². The molecule has 3 aromatic carbocycles. The van der Waals surface area contributed by atoms with Crippen molar-refractivity contribution in [2.75, 3.05) is 11.9 Å². The van der Waals surface area contributed by atoms with Crippen molar-refractivity contribution >= 4 is 35.0 Å². The van der Waals surface area contributed by atoms with Crippen molar-refractivity contribution in [1.82, 2.24) is 30.8 Å². The summed E-state index contributed by atoms with van der Waals surface area (Å²) in [5, 5.41) is 20.3. The third-order valence-corrected chi connectivity index (χ3v) is 5.94. The van der Waals surface area contributed by atoms with Crippen LogP contribution in [-0.4, -0.2) is 50.5 Å². The summed E-state index contributed by atoms with van der Waals surface area (Å²) in [6.45, 7) is 1.72. The fraction of sp³-hybridized carbons (Fsp3) is 0.185. The van der Waals surface area contributed by atoms with Crippen LogP contribution in [0.5, 0.6) is 0 Å². The average molecular weight is 532 g/mol. The zero-order chi connectivity index (χ0) is 26.9. The molecule has 0 unspecified atom stereocenters. The van der Waals surface area contributed by atoms with Gasteiger partial charge < -0.3 is 16.0 Å². The summed E-state index contributed by atoms with van der Waals surface area (Å²) in [6.07, 6.45) is 2.27. The summed E-state index contributed by atoms with van der Waals surface area (Å²) >= 11 is 6.19. The molecule has 4 rings (SSSR count). The maximum absolute atomic E-state index is 13.2. The number of tetrazole rings is 1. The van der Waals surface area contributed by atoms with E-state index in [1.54, 1.807) is 36.4 Å². The van der Waals surface area contributed by atoms with Gasteiger partial charge in [-0.25, -0.2) is 4.68 Å². The van der Waals surface area contributed by atoms with Gasteiger partial charge in [0.2, 0.25) is 11.8 Å². The van der Waals surface area contributed by atoms with Gasteiger partial charge in [-0.1, -0.05) is 41.9 Å². The van der Waals surface area contributed by atoms with Gasteiger partial charge in [-0.3, -0.25) is 14.4 Å². The number of anilines is 1. The molecular weight excluding hydrogens is 506 g/mol. The summed E-state index contributed by atoms with van der Waals surface area (Å²) in [5.41, 5.74) is 3.47. The Morgan fingerprint density at radius 3 is 2.45 bits per heavy atom. The number of rotatable bonds is 10. The van der Waals surface area contributed by atoms with Crippen LogP contribution >= 0.6 is 11.6 Å². The Kier molecular flexibility index (Phi) is 8.78. The molecule has 0 saturated heterocycles. The smallest absolute Gasteiger partial charge is 0.251 e. The van der Waals surface area contributed by atoms with E-state index in [2.05, 4.69) is 31.5 Å². The first-order valence-electron chi connectivity index (χ1n) is 11.9. The van der Waals surface area contributed by atoms with Crippen molar-refractivity contribution in [3.63, 3.8) is 0 Å². The number of amides is 3. The largest absolute Gasteiger partial charge is 0.354 e. The highest BCUT2D eigenvalue weighted by molar-refractivity contribution is 6.30. The molecule has 10 nitrogen and oxygen atoms in total. The fourth-order valence-corrected chi connectivity index (χ4v) is 4.10. The number of nitrogens with zero attached hydrogens (tertiary/aromatic N) is 4. The summed E-state index contributed by atoms with van der Waals surface area (Å²) in [6, 6.07) is 20.5.